The van der Waals surface area contributed by atoms with Crippen molar-refractivity contribution in [1.29, 1.82) is 0 Å². The molecule has 0 spiro atoms. The molecule has 0 aliphatic carbocycles. The Morgan fingerprint density at radius 1 is 1.00 bits per heavy atom. The van der Waals surface area contributed by atoms with Gasteiger partial charge in [-0.3, -0.25) is 0 Å². The third kappa shape index (κ3) is 0.979. The van der Waals surface area contributed by atoms with Crippen molar-refractivity contribution in [1.82, 2.24) is 5.32 Å². The third-order valence-corrected chi connectivity index (χ3v) is 3.56. The van der Waals surface area contributed by atoms with Gasteiger partial charge in [-0.1, -0.05) is 13.8 Å². The van der Waals surface area contributed by atoms with Gasteiger partial charge >= 0.3 is 0 Å². The van der Waals surface area contributed by atoms with Crippen LogP contribution in [0.3, 0.4) is 0 Å². The predicted molar refractivity (Wildman–Crippen MR) is 49.4 cm³/mol. The van der Waals surface area contributed by atoms with Crippen LogP contribution in [0.1, 0.15) is 41.5 Å². The summed E-state index contributed by atoms with van der Waals surface area (Å²) >= 11 is 0. The highest BCUT2D eigenvalue weighted by Gasteiger charge is 2.43. The molecule has 0 saturated carbocycles. The van der Waals surface area contributed by atoms with Crippen molar-refractivity contribution in [3.63, 3.8) is 0 Å². The average molecular weight is 153 g/mol. The molecule has 1 aliphatic rings. The van der Waals surface area contributed by atoms with Crippen molar-refractivity contribution in [3.8, 4) is 0 Å². The number of nitrogens with one attached hydrogen (secondary N) is 1. The maximum atomic E-state index is 3.51. The fraction of sp³-hybridized carbons (Fsp3) is 0.800. The molecule has 1 aliphatic heterocycles. The van der Waals surface area contributed by atoms with Crippen LogP contribution in [0.25, 0.3) is 0 Å². The fourth-order valence-electron chi connectivity index (χ4n) is 1.66. The minimum absolute atomic E-state index is 0.209. The summed E-state index contributed by atoms with van der Waals surface area (Å²) in [5.41, 5.74) is 3.33. The van der Waals surface area contributed by atoms with Crippen LogP contribution < -0.4 is 5.32 Å². The predicted octanol–water partition coefficient (Wildman–Crippen LogP) is 2.69. The normalized spacial score (nSPS) is 27.1. The largest absolute Gasteiger partial charge is 0.383 e. The number of hydrogen-bond acceptors (Lipinski definition) is 1. The third-order valence-electron chi connectivity index (χ3n) is 3.56. The van der Waals surface area contributed by atoms with Crippen molar-refractivity contribution in [2.45, 2.75) is 47.1 Å². The number of rotatable bonds is 0. The Labute approximate surface area is 69.9 Å². The van der Waals surface area contributed by atoms with E-state index in [1.54, 1.807) is 0 Å². The minimum atomic E-state index is 0.209. The molecule has 1 nitrogen and oxygen atoms in total. The summed E-state index contributed by atoms with van der Waals surface area (Å²) in [6.45, 7) is 13.5. The van der Waals surface area contributed by atoms with Crippen LogP contribution in [-0.4, -0.2) is 5.54 Å². The molecule has 0 radical (unpaired) electrons. The monoisotopic (exact) mass is 153 g/mol. The summed E-state index contributed by atoms with van der Waals surface area (Å²) in [7, 11) is 0. The molecule has 0 atom stereocenters. The highest BCUT2D eigenvalue weighted by molar-refractivity contribution is 5.29. The molecule has 0 unspecified atom stereocenters. The first kappa shape index (κ1) is 8.63. The Morgan fingerprint density at radius 3 is 1.55 bits per heavy atom. The highest BCUT2D eigenvalue weighted by atomic mass is 15.0. The molecule has 0 saturated heterocycles. The van der Waals surface area contributed by atoms with Gasteiger partial charge in [-0.05, 0) is 33.3 Å². The van der Waals surface area contributed by atoms with Crippen molar-refractivity contribution in [2.75, 3.05) is 0 Å². The summed E-state index contributed by atoms with van der Waals surface area (Å²) < 4.78 is 0. The molecular weight excluding hydrogens is 134 g/mol. The summed E-state index contributed by atoms with van der Waals surface area (Å²) in [5, 5.41) is 3.51. The molecule has 1 heteroatoms. The highest BCUT2D eigenvalue weighted by Crippen LogP contribution is 2.43. The van der Waals surface area contributed by atoms with E-state index in [9.17, 15) is 0 Å². The lowest BCUT2D eigenvalue weighted by Crippen LogP contribution is -2.44. The van der Waals surface area contributed by atoms with Crippen LogP contribution >= 0.6 is 0 Å². The molecule has 1 rings (SSSR count). The molecule has 0 aromatic heterocycles. The molecule has 0 fully saturated rings. The van der Waals surface area contributed by atoms with E-state index in [1.807, 2.05) is 0 Å². The topological polar surface area (TPSA) is 12.0 Å². The second kappa shape index (κ2) is 2.02. The second-order valence-electron chi connectivity index (χ2n) is 4.62. The van der Waals surface area contributed by atoms with Gasteiger partial charge in [0.25, 0.3) is 0 Å². The van der Waals surface area contributed by atoms with Gasteiger partial charge in [-0.15, -0.1) is 0 Å². The van der Waals surface area contributed by atoms with Gasteiger partial charge in [0.15, 0.2) is 0 Å². The van der Waals surface area contributed by atoms with Gasteiger partial charge in [-0.25, -0.2) is 0 Å². The van der Waals surface area contributed by atoms with E-state index in [1.165, 1.54) is 11.3 Å². The van der Waals surface area contributed by atoms with E-state index in [-0.39, 0.29) is 11.0 Å². The van der Waals surface area contributed by atoms with Gasteiger partial charge in [0.1, 0.15) is 0 Å². The maximum Gasteiger partial charge on any atom is 0.0402 e. The average Bonchev–Trinajstić information content (AvgIpc) is 1.93. The molecule has 0 amide bonds. The molecule has 1 heterocycles. The van der Waals surface area contributed by atoms with Crippen molar-refractivity contribution in [3.05, 3.63) is 11.3 Å². The lowest BCUT2D eigenvalue weighted by atomic mass is 9.72. The smallest absolute Gasteiger partial charge is 0.0402 e. The molecule has 64 valence electrons. The zero-order valence-corrected chi connectivity index (χ0v) is 8.50. The summed E-state index contributed by atoms with van der Waals surface area (Å²) in [4.78, 5) is 0. The second-order valence-corrected chi connectivity index (χ2v) is 4.62. The standard InChI is InChI=1S/C10H19N/c1-7-8(2)11-10(5,6)9(7,3)4/h11H,1-6H3. The van der Waals surface area contributed by atoms with E-state index >= 15 is 0 Å². The molecule has 1 N–H and O–H groups in total. The van der Waals surface area contributed by atoms with Crippen molar-refractivity contribution < 1.29 is 0 Å². The van der Waals surface area contributed by atoms with Crippen LogP contribution in [-0.2, 0) is 0 Å². The maximum absolute atomic E-state index is 3.51. The molecule has 0 bridgehead atoms. The summed E-state index contributed by atoms with van der Waals surface area (Å²) in [6.07, 6.45) is 0. The van der Waals surface area contributed by atoms with E-state index in [0.29, 0.717) is 0 Å². The first-order valence-electron chi connectivity index (χ1n) is 4.25. The van der Waals surface area contributed by atoms with Gasteiger partial charge in [0.05, 0.1) is 0 Å². The van der Waals surface area contributed by atoms with Crippen molar-refractivity contribution in [2.24, 2.45) is 5.41 Å². The summed E-state index contributed by atoms with van der Waals surface area (Å²) in [6, 6.07) is 0. The van der Waals surface area contributed by atoms with E-state index < -0.39 is 0 Å². The van der Waals surface area contributed by atoms with Crippen LogP contribution in [0.5, 0.6) is 0 Å². The minimum Gasteiger partial charge on any atom is -0.383 e. The molecule has 11 heavy (non-hydrogen) atoms. The van der Waals surface area contributed by atoms with Gasteiger partial charge < -0.3 is 5.32 Å². The van der Waals surface area contributed by atoms with Crippen LogP contribution in [0.15, 0.2) is 11.3 Å². The number of allylic oxidation sites excluding steroid dienone is 1. The van der Waals surface area contributed by atoms with Crippen LogP contribution in [0.4, 0.5) is 0 Å². The van der Waals surface area contributed by atoms with Gasteiger partial charge in [0.2, 0.25) is 0 Å². The Balaban J connectivity index is 3.08. The lowest BCUT2D eigenvalue weighted by Gasteiger charge is -2.36. The number of hydrogen-bond donors (Lipinski definition) is 1. The van der Waals surface area contributed by atoms with Gasteiger partial charge in [0, 0.05) is 16.7 Å². The van der Waals surface area contributed by atoms with Gasteiger partial charge in [-0.2, -0.15) is 0 Å². The Morgan fingerprint density at radius 2 is 1.45 bits per heavy atom. The van der Waals surface area contributed by atoms with Crippen molar-refractivity contribution >= 4 is 0 Å². The molecule has 0 aromatic rings. The Kier molecular flexibility index (Phi) is 1.59. The zero-order valence-electron chi connectivity index (χ0n) is 8.50. The molecular formula is C10H19N. The Hall–Kier alpha value is -0.460. The first-order chi connectivity index (χ1) is 4.79. The quantitative estimate of drug-likeness (QED) is 0.564. The van der Waals surface area contributed by atoms with Crippen LogP contribution in [0.2, 0.25) is 0 Å². The molecule has 0 aromatic carbocycles. The lowest BCUT2D eigenvalue weighted by molar-refractivity contribution is 0.245. The Bertz CT molecular complexity index is 209. The summed E-state index contributed by atoms with van der Waals surface area (Å²) in [5.74, 6) is 0. The van der Waals surface area contributed by atoms with E-state index in [4.69, 9.17) is 0 Å². The van der Waals surface area contributed by atoms with E-state index in [0.717, 1.165) is 0 Å². The SMILES string of the molecule is CC1=C(C)C(C)(C)C(C)(C)N1. The zero-order chi connectivity index (χ0) is 8.86. The first-order valence-corrected chi connectivity index (χ1v) is 4.25. The van der Waals surface area contributed by atoms with Crippen LogP contribution in [0, 0.1) is 5.41 Å². The van der Waals surface area contributed by atoms with E-state index in [2.05, 4.69) is 46.9 Å². The fourth-order valence-corrected chi connectivity index (χ4v) is 1.66.